The normalized spacial score (nSPS) is 12.4. The Bertz CT molecular complexity index is 1400. The fourth-order valence-electron chi connectivity index (χ4n) is 4.42. The first-order chi connectivity index (χ1) is 18.8. The molecule has 40 heavy (non-hydrogen) atoms. The van der Waals surface area contributed by atoms with Crippen molar-refractivity contribution in [3.63, 3.8) is 0 Å². The Hall–Kier alpha value is -3.36. The van der Waals surface area contributed by atoms with E-state index in [2.05, 4.69) is 26.1 Å². The smallest absolute Gasteiger partial charge is 0.244 e. The van der Waals surface area contributed by atoms with Crippen LogP contribution in [-0.4, -0.2) is 50.5 Å². The molecule has 0 aliphatic carbocycles. The number of hydrogen-bond acceptors (Lipinski definition) is 4. The van der Waals surface area contributed by atoms with Crippen LogP contribution in [0.25, 0.3) is 0 Å². The molecule has 0 saturated carbocycles. The van der Waals surface area contributed by atoms with Gasteiger partial charge in [-0.1, -0.05) is 87.0 Å². The summed E-state index contributed by atoms with van der Waals surface area (Å²) in [6.45, 7) is 8.03. The Balaban J connectivity index is 2.03. The van der Waals surface area contributed by atoms with Gasteiger partial charge in [-0.2, -0.15) is 0 Å². The average Bonchev–Trinajstić information content (AvgIpc) is 2.89. The monoisotopic (exact) mass is 583 g/mol. The lowest BCUT2D eigenvalue weighted by Gasteiger charge is -2.33. The van der Waals surface area contributed by atoms with Crippen LogP contribution in [-0.2, 0) is 38.0 Å². The summed E-state index contributed by atoms with van der Waals surface area (Å²) in [7, 11) is -3.83. The van der Waals surface area contributed by atoms with E-state index in [9.17, 15) is 18.0 Å². The second-order valence-corrected chi connectivity index (χ2v) is 13.2. The van der Waals surface area contributed by atoms with Gasteiger partial charge in [0.15, 0.2) is 0 Å². The van der Waals surface area contributed by atoms with E-state index in [-0.39, 0.29) is 24.3 Å². The fraction of sp³-hybridized carbons (Fsp3) is 0.355. The zero-order valence-electron chi connectivity index (χ0n) is 23.7. The molecule has 3 aromatic carbocycles. The lowest BCUT2D eigenvalue weighted by molar-refractivity contribution is -0.140. The number of likely N-dealkylation sites (N-methyl/N-ethyl adjacent to an activating group) is 1. The first-order valence-electron chi connectivity index (χ1n) is 13.2. The summed E-state index contributed by atoms with van der Waals surface area (Å²) in [6, 6.07) is 22.8. The number of nitrogens with zero attached hydrogens (tertiary/aromatic N) is 2. The van der Waals surface area contributed by atoms with Crippen molar-refractivity contribution < 1.29 is 18.0 Å². The maximum atomic E-state index is 14.0. The minimum absolute atomic E-state index is 0.0780. The second kappa shape index (κ2) is 13.3. The van der Waals surface area contributed by atoms with E-state index in [0.29, 0.717) is 17.3 Å². The van der Waals surface area contributed by atoms with E-state index in [0.717, 1.165) is 27.3 Å². The molecule has 0 bridgehead atoms. The van der Waals surface area contributed by atoms with Crippen LogP contribution in [0.5, 0.6) is 0 Å². The molecule has 0 saturated heterocycles. The molecule has 214 valence electrons. The molecule has 0 aliphatic rings. The molecular weight excluding hydrogens is 546 g/mol. The summed E-state index contributed by atoms with van der Waals surface area (Å²) in [5.74, 6) is -0.820. The van der Waals surface area contributed by atoms with Gasteiger partial charge in [-0.3, -0.25) is 13.9 Å². The standard InChI is InChI=1S/C31H38ClN3O4S/c1-6-33-30(37)28(20-23-11-8-7-9-12-23)34(21-24-13-10-14-26(32)19-24)29(36)22-35(40(5,38)39)27-17-15-25(16-18-27)31(2,3)4/h7-19,28H,6,20-22H2,1-5H3,(H,33,37)/t28-/m1/s1. The van der Waals surface area contributed by atoms with Crippen LogP contribution in [0.2, 0.25) is 5.02 Å². The number of carbonyl (C=O) groups is 2. The molecule has 0 unspecified atom stereocenters. The summed E-state index contributed by atoms with van der Waals surface area (Å²) >= 11 is 6.23. The van der Waals surface area contributed by atoms with E-state index in [1.165, 1.54) is 4.90 Å². The Kier molecular flexibility index (Phi) is 10.4. The van der Waals surface area contributed by atoms with Crippen molar-refractivity contribution in [2.45, 2.75) is 52.1 Å². The predicted molar refractivity (Wildman–Crippen MR) is 162 cm³/mol. The van der Waals surface area contributed by atoms with Gasteiger partial charge < -0.3 is 10.2 Å². The van der Waals surface area contributed by atoms with Crippen LogP contribution in [0.4, 0.5) is 5.69 Å². The Morgan fingerprint density at radius 1 is 0.925 bits per heavy atom. The highest BCUT2D eigenvalue weighted by atomic mass is 35.5. The molecule has 0 radical (unpaired) electrons. The van der Waals surface area contributed by atoms with E-state index in [4.69, 9.17) is 11.6 Å². The van der Waals surface area contributed by atoms with Gasteiger partial charge in [-0.15, -0.1) is 0 Å². The van der Waals surface area contributed by atoms with Gasteiger partial charge in [0.1, 0.15) is 12.6 Å². The van der Waals surface area contributed by atoms with E-state index >= 15 is 0 Å². The minimum atomic E-state index is -3.83. The molecule has 1 atom stereocenters. The number of benzene rings is 3. The molecule has 0 heterocycles. The molecule has 3 aromatic rings. The number of halogens is 1. The van der Waals surface area contributed by atoms with Crippen LogP contribution in [0, 0.1) is 0 Å². The minimum Gasteiger partial charge on any atom is -0.355 e. The lowest BCUT2D eigenvalue weighted by atomic mass is 9.87. The molecule has 1 N–H and O–H groups in total. The summed E-state index contributed by atoms with van der Waals surface area (Å²) in [6.07, 6.45) is 1.34. The highest BCUT2D eigenvalue weighted by Crippen LogP contribution is 2.26. The van der Waals surface area contributed by atoms with Gasteiger partial charge in [0.25, 0.3) is 0 Å². The summed E-state index contributed by atoms with van der Waals surface area (Å²) in [4.78, 5) is 28.9. The van der Waals surface area contributed by atoms with Gasteiger partial charge in [0.05, 0.1) is 11.9 Å². The largest absolute Gasteiger partial charge is 0.355 e. The van der Waals surface area contributed by atoms with Crippen LogP contribution in [0.15, 0.2) is 78.9 Å². The van der Waals surface area contributed by atoms with Crippen molar-refractivity contribution in [3.05, 3.63) is 101 Å². The predicted octanol–water partition coefficient (Wildman–Crippen LogP) is 5.18. The maximum Gasteiger partial charge on any atom is 0.244 e. The van der Waals surface area contributed by atoms with E-state index < -0.39 is 28.5 Å². The number of sulfonamides is 1. The Morgan fingerprint density at radius 2 is 1.55 bits per heavy atom. The highest BCUT2D eigenvalue weighted by molar-refractivity contribution is 7.92. The quantitative estimate of drug-likeness (QED) is 0.337. The molecule has 9 heteroatoms. The molecular formula is C31H38ClN3O4S. The molecule has 0 fully saturated rings. The van der Waals surface area contributed by atoms with Gasteiger partial charge in [-0.05, 0) is 53.3 Å². The van der Waals surface area contributed by atoms with Crippen LogP contribution < -0.4 is 9.62 Å². The first-order valence-corrected chi connectivity index (χ1v) is 15.5. The number of carbonyl (C=O) groups excluding carboxylic acids is 2. The molecule has 2 amide bonds. The van der Waals surface area contributed by atoms with Crippen LogP contribution in [0.1, 0.15) is 44.4 Å². The molecule has 0 spiro atoms. The van der Waals surface area contributed by atoms with Gasteiger partial charge in [0.2, 0.25) is 21.8 Å². The number of rotatable bonds is 11. The third-order valence-electron chi connectivity index (χ3n) is 6.56. The average molecular weight is 584 g/mol. The van der Waals surface area contributed by atoms with Gasteiger partial charge >= 0.3 is 0 Å². The van der Waals surface area contributed by atoms with Crippen LogP contribution in [0.3, 0.4) is 0 Å². The molecule has 3 rings (SSSR count). The van der Waals surface area contributed by atoms with Crippen LogP contribution >= 0.6 is 11.6 Å². The molecule has 7 nitrogen and oxygen atoms in total. The molecule has 0 aromatic heterocycles. The van der Waals surface area contributed by atoms with E-state index in [1.807, 2.05) is 55.5 Å². The van der Waals surface area contributed by atoms with E-state index in [1.54, 1.807) is 30.3 Å². The van der Waals surface area contributed by atoms with Crippen molar-refractivity contribution in [3.8, 4) is 0 Å². The zero-order chi connectivity index (χ0) is 29.5. The Labute approximate surface area is 243 Å². The highest BCUT2D eigenvalue weighted by Gasteiger charge is 2.33. The summed E-state index contributed by atoms with van der Waals surface area (Å²) in [5, 5.41) is 3.34. The number of nitrogens with one attached hydrogen (secondary N) is 1. The second-order valence-electron chi connectivity index (χ2n) is 10.8. The number of amides is 2. The zero-order valence-corrected chi connectivity index (χ0v) is 25.3. The Morgan fingerprint density at radius 3 is 2.10 bits per heavy atom. The number of anilines is 1. The third-order valence-corrected chi connectivity index (χ3v) is 7.94. The van der Waals surface area contributed by atoms with Crippen molar-refractivity contribution in [1.82, 2.24) is 10.2 Å². The third kappa shape index (κ3) is 8.57. The SMILES string of the molecule is CCNC(=O)[C@@H](Cc1ccccc1)N(Cc1cccc(Cl)c1)C(=O)CN(c1ccc(C(C)(C)C)cc1)S(C)(=O)=O. The van der Waals surface area contributed by atoms with Crippen molar-refractivity contribution >= 4 is 39.1 Å². The first kappa shape index (κ1) is 31.2. The maximum absolute atomic E-state index is 14.0. The lowest BCUT2D eigenvalue weighted by Crippen LogP contribution is -2.53. The van der Waals surface area contributed by atoms with Crippen molar-refractivity contribution in [2.24, 2.45) is 0 Å². The molecule has 0 aliphatic heterocycles. The fourth-order valence-corrected chi connectivity index (χ4v) is 5.48. The summed E-state index contributed by atoms with van der Waals surface area (Å²) < 4.78 is 26.9. The van der Waals surface area contributed by atoms with Gasteiger partial charge in [-0.25, -0.2) is 8.42 Å². The summed E-state index contributed by atoms with van der Waals surface area (Å²) in [5.41, 5.74) is 2.90. The number of hydrogen-bond donors (Lipinski definition) is 1. The van der Waals surface area contributed by atoms with Crippen molar-refractivity contribution in [1.29, 1.82) is 0 Å². The van der Waals surface area contributed by atoms with Crippen molar-refractivity contribution in [2.75, 3.05) is 23.7 Å². The topological polar surface area (TPSA) is 86.8 Å². The van der Waals surface area contributed by atoms with Gasteiger partial charge in [0, 0.05) is 24.5 Å².